The fourth-order valence-corrected chi connectivity index (χ4v) is 5.45. The van der Waals surface area contributed by atoms with Crippen molar-refractivity contribution in [2.24, 2.45) is 0 Å². The minimum Gasteiger partial charge on any atom is -0.454 e. The molecule has 5 rings (SSSR count). The second-order valence-electron chi connectivity index (χ2n) is 11.1. The third-order valence-electron chi connectivity index (χ3n) is 7.70. The maximum atomic E-state index is 12.5. The van der Waals surface area contributed by atoms with Gasteiger partial charge in [0.15, 0.2) is 12.4 Å². The molecule has 0 spiro atoms. The number of carbonyl (C=O) groups is 1. The van der Waals surface area contributed by atoms with Crippen molar-refractivity contribution in [1.82, 2.24) is 0 Å². The Morgan fingerprint density at radius 3 is 1.37 bits per heavy atom. The molecule has 1 fully saturated rings. The van der Waals surface area contributed by atoms with Gasteiger partial charge < -0.3 is 33.2 Å². The van der Waals surface area contributed by atoms with Crippen molar-refractivity contribution in [3.05, 3.63) is 144 Å². The third kappa shape index (κ3) is 9.80. The second-order valence-corrected chi connectivity index (χ2v) is 11.1. The van der Waals surface area contributed by atoms with E-state index in [0.717, 1.165) is 22.3 Å². The predicted molar refractivity (Wildman–Crippen MR) is 172 cm³/mol. The van der Waals surface area contributed by atoms with Gasteiger partial charge in [0.2, 0.25) is 0 Å². The van der Waals surface area contributed by atoms with Crippen molar-refractivity contribution in [3.8, 4) is 0 Å². The molecule has 6 atom stereocenters. The Balaban J connectivity index is 1.50. The maximum Gasteiger partial charge on any atom is 0.303 e. The van der Waals surface area contributed by atoms with Crippen LogP contribution in [0.1, 0.15) is 29.2 Å². The molecule has 8 heteroatoms. The molecule has 0 unspecified atom stereocenters. The van der Waals surface area contributed by atoms with Gasteiger partial charge in [-0.05, 0) is 22.3 Å². The summed E-state index contributed by atoms with van der Waals surface area (Å²) in [6, 6.07) is 39.5. The van der Waals surface area contributed by atoms with Gasteiger partial charge in [-0.15, -0.1) is 0 Å². The van der Waals surface area contributed by atoms with Crippen LogP contribution in [0.15, 0.2) is 121 Å². The Morgan fingerprint density at radius 1 is 0.565 bits per heavy atom. The van der Waals surface area contributed by atoms with Gasteiger partial charge in [0.05, 0.1) is 33.0 Å². The minimum absolute atomic E-state index is 0.164. The van der Waals surface area contributed by atoms with Crippen molar-refractivity contribution in [2.75, 3.05) is 13.7 Å². The Bertz CT molecular complexity index is 1420. The highest BCUT2D eigenvalue weighted by atomic mass is 16.7. The summed E-state index contributed by atoms with van der Waals surface area (Å²) in [7, 11) is 1.52. The number of rotatable bonds is 15. The first-order valence-corrected chi connectivity index (χ1v) is 15.5. The molecule has 4 aromatic rings. The summed E-state index contributed by atoms with van der Waals surface area (Å²) in [4.78, 5) is 12.5. The second kappa shape index (κ2) is 17.7. The normalized spacial score (nSPS) is 23.0. The first-order valence-electron chi connectivity index (χ1n) is 15.5. The molecule has 4 aromatic carbocycles. The number of hydrogen-bond donors (Lipinski definition) is 0. The molecule has 0 N–H and O–H groups in total. The predicted octanol–water partition coefficient (Wildman–Crippen LogP) is 6.26. The Labute approximate surface area is 271 Å². The molecule has 0 saturated carbocycles. The van der Waals surface area contributed by atoms with E-state index in [0.29, 0.717) is 6.61 Å². The van der Waals surface area contributed by atoms with E-state index in [2.05, 4.69) is 0 Å². The van der Waals surface area contributed by atoms with Crippen molar-refractivity contribution in [3.63, 3.8) is 0 Å². The molecule has 8 nitrogen and oxygen atoms in total. The highest BCUT2D eigenvalue weighted by molar-refractivity contribution is 5.66. The lowest BCUT2D eigenvalue weighted by Gasteiger charge is -2.36. The summed E-state index contributed by atoms with van der Waals surface area (Å²) in [6.07, 6.45) is -4.88. The number of methoxy groups -OCH3 is 1. The van der Waals surface area contributed by atoms with E-state index in [4.69, 9.17) is 33.2 Å². The van der Waals surface area contributed by atoms with Gasteiger partial charge in [-0.1, -0.05) is 121 Å². The van der Waals surface area contributed by atoms with Crippen LogP contribution in [0.2, 0.25) is 0 Å². The lowest BCUT2D eigenvalue weighted by Crippen LogP contribution is -2.52. The van der Waals surface area contributed by atoms with E-state index in [1.54, 1.807) is 0 Å². The first-order chi connectivity index (χ1) is 22.6. The molecule has 242 valence electrons. The monoisotopic (exact) mass is 626 g/mol. The number of ether oxygens (including phenoxy) is 7. The molecule has 1 saturated heterocycles. The van der Waals surface area contributed by atoms with Gasteiger partial charge in [-0.3, -0.25) is 4.79 Å². The summed E-state index contributed by atoms with van der Waals surface area (Å²) in [5, 5.41) is 0. The maximum absolute atomic E-state index is 12.5. The van der Waals surface area contributed by atoms with E-state index in [1.807, 2.05) is 121 Å². The largest absolute Gasteiger partial charge is 0.454 e. The van der Waals surface area contributed by atoms with Gasteiger partial charge in [-0.25, -0.2) is 0 Å². The van der Waals surface area contributed by atoms with Crippen LogP contribution >= 0.6 is 0 Å². The SMILES string of the molecule is CO[C@H]1O[C@H](COCc2ccccc2)[C@H](OCc2ccccc2)[C@H](OCc2ccccc2)[C@@H](OCc2ccccc2)[C@H]1OC(C)=O. The first kappa shape index (κ1) is 33.5. The zero-order valence-electron chi connectivity index (χ0n) is 26.3. The highest BCUT2D eigenvalue weighted by Crippen LogP contribution is 2.32. The summed E-state index contributed by atoms with van der Waals surface area (Å²) < 4.78 is 44.5. The highest BCUT2D eigenvalue weighted by Gasteiger charge is 2.51. The number of benzene rings is 4. The Kier molecular flexibility index (Phi) is 12.9. The molecule has 0 radical (unpaired) electrons. The summed E-state index contributed by atoms with van der Waals surface area (Å²) in [6.45, 7) is 2.69. The summed E-state index contributed by atoms with van der Waals surface area (Å²) in [5.74, 6) is -0.494. The Morgan fingerprint density at radius 2 is 0.957 bits per heavy atom. The fourth-order valence-electron chi connectivity index (χ4n) is 5.45. The molecule has 0 aromatic heterocycles. The molecule has 46 heavy (non-hydrogen) atoms. The average Bonchev–Trinajstić information content (AvgIpc) is 3.20. The summed E-state index contributed by atoms with van der Waals surface area (Å²) in [5.41, 5.74) is 3.94. The molecule has 0 aliphatic carbocycles. The molecule has 1 aliphatic rings. The van der Waals surface area contributed by atoms with Crippen molar-refractivity contribution in [1.29, 1.82) is 0 Å². The van der Waals surface area contributed by atoms with Crippen LogP contribution in [0.4, 0.5) is 0 Å². The number of carbonyl (C=O) groups excluding carboxylic acids is 1. The third-order valence-corrected chi connectivity index (χ3v) is 7.70. The fraction of sp³-hybridized carbons (Fsp3) is 0.342. The minimum atomic E-state index is -0.983. The van der Waals surface area contributed by atoms with Crippen LogP contribution in [0.3, 0.4) is 0 Å². The molecular formula is C38H42O8. The zero-order valence-corrected chi connectivity index (χ0v) is 26.3. The quantitative estimate of drug-likeness (QED) is 0.143. The zero-order chi connectivity index (χ0) is 32.0. The number of hydrogen-bond acceptors (Lipinski definition) is 8. The smallest absolute Gasteiger partial charge is 0.303 e. The van der Waals surface area contributed by atoms with Gasteiger partial charge in [0, 0.05) is 14.0 Å². The topological polar surface area (TPSA) is 81.7 Å². The van der Waals surface area contributed by atoms with Gasteiger partial charge in [-0.2, -0.15) is 0 Å². The summed E-state index contributed by atoms with van der Waals surface area (Å²) >= 11 is 0. The van der Waals surface area contributed by atoms with Crippen LogP contribution in [0.5, 0.6) is 0 Å². The van der Waals surface area contributed by atoms with Gasteiger partial charge >= 0.3 is 5.97 Å². The van der Waals surface area contributed by atoms with Crippen LogP contribution in [-0.2, 0) is 64.4 Å². The Hall–Kier alpha value is -3.89. The number of esters is 1. The van der Waals surface area contributed by atoms with E-state index in [9.17, 15) is 4.79 Å². The van der Waals surface area contributed by atoms with Crippen LogP contribution < -0.4 is 0 Å². The van der Waals surface area contributed by atoms with E-state index >= 15 is 0 Å². The average molecular weight is 627 g/mol. The molecule has 1 aliphatic heterocycles. The molecular weight excluding hydrogens is 584 g/mol. The van der Waals surface area contributed by atoms with Crippen LogP contribution in [-0.4, -0.2) is 56.5 Å². The van der Waals surface area contributed by atoms with Gasteiger partial charge in [0.25, 0.3) is 0 Å². The standard InChI is InChI=1S/C38H42O8/c1-28(39)45-37-36(44-26-32-21-13-6-14-22-32)35(43-25-31-19-11-5-12-20-31)34(42-24-30-17-9-4-10-18-30)33(46-38(37)40-2)27-41-23-29-15-7-3-8-16-29/h3-22,33-38H,23-27H2,1-2H3/t33-,34+,35+,36-,37-,38+/m1/s1. The lowest BCUT2D eigenvalue weighted by atomic mass is 9.99. The lowest BCUT2D eigenvalue weighted by molar-refractivity contribution is -0.239. The van der Waals surface area contributed by atoms with E-state index < -0.39 is 42.8 Å². The van der Waals surface area contributed by atoms with Crippen molar-refractivity contribution < 1.29 is 38.0 Å². The van der Waals surface area contributed by atoms with E-state index in [-0.39, 0.29) is 26.4 Å². The van der Waals surface area contributed by atoms with Gasteiger partial charge in [0.1, 0.15) is 24.4 Å². The van der Waals surface area contributed by atoms with Crippen molar-refractivity contribution in [2.45, 2.75) is 70.2 Å². The van der Waals surface area contributed by atoms with Crippen LogP contribution in [0.25, 0.3) is 0 Å². The van der Waals surface area contributed by atoms with Crippen LogP contribution in [0, 0.1) is 0 Å². The van der Waals surface area contributed by atoms with Crippen molar-refractivity contribution >= 4 is 5.97 Å². The molecule has 1 heterocycles. The molecule has 0 amide bonds. The van der Waals surface area contributed by atoms with E-state index in [1.165, 1.54) is 14.0 Å². The molecule has 0 bridgehead atoms.